The van der Waals surface area contributed by atoms with E-state index in [-0.39, 0.29) is 42.2 Å². The van der Waals surface area contributed by atoms with Gasteiger partial charge in [-0.05, 0) is 68.0 Å². The number of aliphatic hydroxyl groups is 1. The molecule has 36 heavy (non-hydrogen) atoms. The van der Waals surface area contributed by atoms with Gasteiger partial charge in [0.05, 0.1) is 13.2 Å². The molecule has 9 heteroatoms. The number of fused-ring (bicyclic) bond motifs is 1. The van der Waals surface area contributed by atoms with E-state index in [0.717, 1.165) is 31.2 Å². The Kier molecular flexibility index (Phi) is 8.12. The molecule has 1 aromatic carbocycles. The van der Waals surface area contributed by atoms with Crippen molar-refractivity contribution < 1.29 is 23.1 Å². The Morgan fingerprint density at radius 1 is 1.25 bits per heavy atom. The molecular formula is C27H35N3O5S. The third-order valence-corrected chi connectivity index (χ3v) is 9.08. The molecule has 2 aliphatic rings. The zero-order valence-corrected chi connectivity index (χ0v) is 21.9. The van der Waals surface area contributed by atoms with Gasteiger partial charge in [-0.1, -0.05) is 19.1 Å². The Bertz CT molecular complexity index is 1220. The molecule has 0 fully saturated rings. The smallest absolute Gasteiger partial charge is 0.253 e. The molecule has 0 saturated heterocycles. The van der Waals surface area contributed by atoms with Crippen LogP contribution >= 0.6 is 0 Å². The van der Waals surface area contributed by atoms with E-state index in [1.165, 1.54) is 9.88 Å². The number of carbonyl (C=O) groups is 1. The highest BCUT2D eigenvalue weighted by atomic mass is 32.2. The van der Waals surface area contributed by atoms with Gasteiger partial charge < -0.3 is 14.7 Å². The average molecular weight is 514 g/mol. The van der Waals surface area contributed by atoms with E-state index in [0.29, 0.717) is 5.56 Å². The van der Waals surface area contributed by atoms with Crippen molar-refractivity contribution in [2.45, 2.75) is 56.6 Å². The lowest BCUT2D eigenvalue weighted by Crippen LogP contribution is -2.50. The number of likely N-dealkylation sites (N-methyl/N-ethyl adjacent to an activating group) is 1. The Morgan fingerprint density at radius 3 is 2.67 bits per heavy atom. The molecule has 0 spiro atoms. The van der Waals surface area contributed by atoms with Gasteiger partial charge in [-0.3, -0.25) is 9.78 Å². The predicted octanol–water partition coefficient (Wildman–Crippen LogP) is 3.58. The second-order valence-corrected chi connectivity index (χ2v) is 11.7. The van der Waals surface area contributed by atoms with Crippen LogP contribution in [0.2, 0.25) is 0 Å². The summed E-state index contributed by atoms with van der Waals surface area (Å²) in [5.74, 6) is -0.118. The van der Waals surface area contributed by atoms with Crippen molar-refractivity contribution in [2.75, 3.05) is 26.7 Å². The molecule has 0 saturated carbocycles. The van der Waals surface area contributed by atoms with Gasteiger partial charge in [0, 0.05) is 43.5 Å². The van der Waals surface area contributed by atoms with Crippen LogP contribution in [0, 0.1) is 5.92 Å². The van der Waals surface area contributed by atoms with Crippen LogP contribution in [-0.4, -0.2) is 72.5 Å². The summed E-state index contributed by atoms with van der Waals surface area (Å²) in [6.45, 7) is 3.76. The summed E-state index contributed by atoms with van der Waals surface area (Å²) < 4.78 is 35.2. The van der Waals surface area contributed by atoms with Crippen molar-refractivity contribution in [3.05, 3.63) is 59.9 Å². The van der Waals surface area contributed by atoms with Crippen LogP contribution in [0.5, 0.6) is 5.75 Å². The first kappa shape index (κ1) is 26.3. The van der Waals surface area contributed by atoms with Crippen molar-refractivity contribution in [3.63, 3.8) is 0 Å². The molecule has 1 aromatic heterocycles. The predicted molar refractivity (Wildman–Crippen MR) is 138 cm³/mol. The molecule has 0 radical (unpaired) electrons. The topological polar surface area (TPSA) is 100 Å². The number of allylic oxidation sites excluding steroid dienone is 2. The van der Waals surface area contributed by atoms with Crippen LogP contribution < -0.4 is 4.74 Å². The highest BCUT2D eigenvalue weighted by Crippen LogP contribution is 2.37. The second-order valence-electron chi connectivity index (χ2n) is 9.80. The number of amides is 1. The number of aliphatic hydroxyl groups excluding tert-OH is 1. The largest absolute Gasteiger partial charge is 0.487 e. The minimum atomic E-state index is -3.90. The first-order chi connectivity index (χ1) is 17.2. The minimum Gasteiger partial charge on any atom is -0.487 e. The molecule has 1 aliphatic carbocycles. The standard InChI is InChI=1S/C27H35N3O5S/c1-19-16-30(20(2)18-31)36(33,34)26-10-9-23(21-7-5-4-6-8-21)15-24(26)35-25(19)17-29(3)27(32)22-11-13-28-14-12-22/h7,9-15,19-20,25,31H,4-6,8,16-18H2,1-3H3/t19-,20-,25-/m0/s1. The SMILES string of the molecule is C[C@H]1CN([C@@H](C)CO)S(=O)(=O)c2ccc(C3=CCCCC3)cc2O[C@H]1CN(C)C(=O)c1ccncc1. The van der Waals surface area contributed by atoms with E-state index < -0.39 is 22.2 Å². The van der Waals surface area contributed by atoms with E-state index in [9.17, 15) is 18.3 Å². The zero-order chi connectivity index (χ0) is 25.9. The van der Waals surface area contributed by atoms with Crippen LogP contribution in [0.1, 0.15) is 55.5 Å². The van der Waals surface area contributed by atoms with Crippen molar-refractivity contribution in [1.82, 2.24) is 14.2 Å². The van der Waals surface area contributed by atoms with Gasteiger partial charge in [0.1, 0.15) is 16.7 Å². The maximum Gasteiger partial charge on any atom is 0.253 e. The molecule has 3 atom stereocenters. The lowest BCUT2D eigenvalue weighted by molar-refractivity contribution is 0.0563. The van der Waals surface area contributed by atoms with E-state index >= 15 is 0 Å². The number of benzene rings is 1. The van der Waals surface area contributed by atoms with Gasteiger partial charge in [-0.15, -0.1) is 0 Å². The monoisotopic (exact) mass is 513 g/mol. The molecule has 0 unspecified atom stereocenters. The normalized spacial score (nSPS) is 22.8. The van der Waals surface area contributed by atoms with E-state index in [1.807, 2.05) is 19.1 Å². The molecule has 1 amide bonds. The summed E-state index contributed by atoms with van der Waals surface area (Å²) in [5.41, 5.74) is 2.68. The maximum absolute atomic E-state index is 13.7. The number of hydrogen-bond acceptors (Lipinski definition) is 6. The Balaban J connectivity index is 1.72. The number of pyridine rings is 1. The third kappa shape index (κ3) is 5.48. The molecule has 2 aromatic rings. The summed E-state index contributed by atoms with van der Waals surface area (Å²) in [4.78, 5) is 18.7. The molecule has 0 bridgehead atoms. The summed E-state index contributed by atoms with van der Waals surface area (Å²) in [7, 11) is -2.19. The Hall–Kier alpha value is -2.75. The van der Waals surface area contributed by atoms with Gasteiger partial charge in [-0.25, -0.2) is 8.42 Å². The number of aromatic nitrogens is 1. The van der Waals surface area contributed by atoms with Crippen LogP contribution in [0.15, 0.2) is 53.7 Å². The second kappa shape index (κ2) is 11.1. The molecule has 1 aliphatic heterocycles. The quantitative estimate of drug-likeness (QED) is 0.634. The number of nitrogens with zero attached hydrogens (tertiary/aromatic N) is 3. The van der Waals surface area contributed by atoms with Crippen molar-refractivity contribution >= 4 is 21.5 Å². The van der Waals surface area contributed by atoms with Gasteiger partial charge in [-0.2, -0.15) is 4.31 Å². The third-order valence-electron chi connectivity index (χ3n) is 7.06. The molecule has 2 heterocycles. The van der Waals surface area contributed by atoms with E-state index in [4.69, 9.17) is 4.74 Å². The lowest BCUT2D eigenvalue weighted by Gasteiger charge is -2.37. The van der Waals surface area contributed by atoms with Crippen molar-refractivity contribution in [1.29, 1.82) is 0 Å². The van der Waals surface area contributed by atoms with Crippen molar-refractivity contribution in [2.24, 2.45) is 5.92 Å². The molecule has 4 rings (SSSR count). The summed E-state index contributed by atoms with van der Waals surface area (Å²) in [5, 5.41) is 9.84. The zero-order valence-electron chi connectivity index (χ0n) is 21.1. The van der Waals surface area contributed by atoms with Crippen LogP contribution in [0.25, 0.3) is 5.57 Å². The fourth-order valence-corrected chi connectivity index (χ4v) is 6.64. The van der Waals surface area contributed by atoms with Gasteiger partial charge in [0.2, 0.25) is 10.0 Å². The average Bonchev–Trinajstić information content (AvgIpc) is 2.90. The highest BCUT2D eigenvalue weighted by Gasteiger charge is 2.38. The lowest BCUT2D eigenvalue weighted by atomic mass is 9.93. The fourth-order valence-electron chi connectivity index (χ4n) is 4.81. The van der Waals surface area contributed by atoms with Crippen molar-refractivity contribution in [3.8, 4) is 5.75 Å². The Morgan fingerprint density at radius 2 is 2.00 bits per heavy atom. The van der Waals surface area contributed by atoms with Crippen LogP contribution in [-0.2, 0) is 10.0 Å². The first-order valence-corrected chi connectivity index (χ1v) is 13.9. The van der Waals surface area contributed by atoms with E-state index in [2.05, 4.69) is 11.1 Å². The summed E-state index contributed by atoms with van der Waals surface area (Å²) >= 11 is 0. The van der Waals surface area contributed by atoms with Gasteiger partial charge >= 0.3 is 0 Å². The number of ether oxygens (including phenoxy) is 1. The molecule has 1 N–H and O–H groups in total. The van der Waals surface area contributed by atoms with Gasteiger partial charge in [0.15, 0.2) is 0 Å². The fraction of sp³-hybridized carbons (Fsp3) is 0.481. The number of carbonyl (C=O) groups excluding carboxylic acids is 1. The maximum atomic E-state index is 13.7. The van der Waals surface area contributed by atoms with Gasteiger partial charge in [0.25, 0.3) is 5.91 Å². The van der Waals surface area contributed by atoms with Crippen LogP contribution in [0.3, 0.4) is 0 Å². The van der Waals surface area contributed by atoms with Crippen LogP contribution in [0.4, 0.5) is 0 Å². The summed E-state index contributed by atoms with van der Waals surface area (Å²) in [6, 6.07) is 8.02. The number of sulfonamides is 1. The molecule has 194 valence electrons. The van der Waals surface area contributed by atoms with E-state index in [1.54, 1.807) is 49.5 Å². The highest BCUT2D eigenvalue weighted by molar-refractivity contribution is 7.89. The number of rotatable bonds is 6. The molecular weight excluding hydrogens is 478 g/mol. The summed E-state index contributed by atoms with van der Waals surface area (Å²) in [6.07, 6.45) is 9.12. The minimum absolute atomic E-state index is 0.0861. The Labute approximate surface area is 213 Å². The first-order valence-electron chi connectivity index (χ1n) is 12.5. The molecule has 8 nitrogen and oxygen atoms in total. The number of hydrogen-bond donors (Lipinski definition) is 1.